The molecule has 2 fully saturated rings. The first-order valence-electron chi connectivity index (χ1n) is 5.50. The van der Waals surface area contributed by atoms with Crippen LogP contribution in [0.1, 0.15) is 17.0 Å². The molecule has 2 aliphatic rings. The van der Waals surface area contributed by atoms with E-state index in [4.69, 9.17) is 16.0 Å². The molecule has 16 heavy (non-hydrogen) atoms. The van der Waals surface area contributed by atoms with Gasteiger partial charge in [-0.05, 0) is 24.9 Å². The summed E-state index contributed by atoms with van der Waals surface area (Å²) in [6, 6.07) is 1.90. The Kier molecular flexibility index (Phi) is 2.41. The van der Waals surface area contributed by atoms with Crippen LogP contribution in [0.3, 0.4) is 0 Å². The number of nitrogens with one attached hydrogen (secondary N) is 1. The molecule has 0 radical (unpaired) electrons. The molecule has 4 nitrogen and oxygen atoms in total. The van der Waals surface area contributed by atoms with Gasteiger partial charge in [-0.1, -0.05) is 11.6 Å². The minimum Gasteiger partial charge on any atom is -0.458 e. The van der Waals surface area contributed by atoms with Gasteiger partial charge in [0, 0.05) is 19.1 Å². The van der Waals surface area contributed by atoms with E-state index in [1.165, 1.54) is 6.26 Å². The normalized spacial score (nSPS) is 28.4. The summed E-state index contributed by atoms with van der Waals surface area (Å²) < 4.78 is 5.14. The number of piperidine rings is 1. The lowest BCUT2D eigenvalue weighted by molar-refractivity contribution is 0.0708. The molecule has 1 aromatic heterocycles. The number of nitrogens with zero attached hydrogens (tertiary/aromatic N) is 1. The number of hydrogen-bond donors (Lipinski definition) is 1. The Labute approximate surface area is 98.5 Å². The van der Waals surface area contributed by atoms with Crippen molar-refractivity contribution in [2.24, 2.45) is 5.92 Å². The number of amides is 1. The minimum atomic E-state index is -0.0776. The zero-order valence-corrected chi connectivity index (χ0v) is 9.54. The Bertz CT molecular complexity index is 418. The number of fused-ring (bicyclic) bond motifs is 2. The fourth-order valence-electron chi connectivity index (χ4n) is 2.63. The molecule has 0 spiro atoms. The molecule has 1 amide bonds. The van der Waals surface area contributed by atoms with E-state index >= 15 is 0 Å². The number of carbonyl (C=O) groups excluding carboxylic acids is 1. The molecule has 0 saturated carbocycles. The van der Waals surface area contributed by atoms with Crippen LogP contribution in [0.5, 0.6) is 0 Å². The van der Waals surface area contributed by atoms with Crippen molar-refractivity contribution in [2.45, 2.75) is 12.5 Å². The van der Waals surface area contributed by atoms with E-state index in [0.29, 0.717) is 17.0 Å². The predicted molar refractivity (Wildman–Crippen MR) is 59.5 cm³/mol. The van der Waals surface area contributed by atoms with Gasteiger partial charge in [-0.2, -0.15) is 0 Å². The van der Waals surface area contributed by atoms with Crippen molar-refractivity contribution >= 4 is 17.5 Å². The third kappa shape index (κ3) is 1.53. The summed E-state index contributed by atoms with van der Waals surface area (Å²) in [7, 11) is 0. The van der Waals surface area contributed by atoms with Crippen LogP contribution in [-0.4, -0.2) is 36.5 Å². The lowest BCUT2D eigenvalue weighted by Crippen LogP contribution is -2.41. The van der Waals surface area contributed by atoms with Crippen molar-refractivity contribution in [3.63, 3.8) is 0 Å². The number of halogens is 1. The van der Waals surface area contributed by atoms with E-state index < -0.39 is 0 Å². The van der Waals surface area contributed by atoms with E-state index in [9.17, 15) is 4.79 Å². The second-order valence-electron chi connectivity index (χ2n) is 4.47. The maximum atomic E-state index is 12.2. The van der Waals surface area contributed by atoms with Crippen molar-refractivity contribution in [3.05, 3.63) is 23.1 Å². The molecule has 0 aliphatic carbocycles. The van der Waals surface area contributed by atoms with Gasteiger partial charge in [0.05, 0.1) is 11.3 Å². The van der Waals surface area contributed by atoms with Crippen LogP contribution >= 0.6 is 11.6 Å². The van der Waals surface area contributed by atoms with Crippen LogP contribution in [-0.2, 0) is 0 Å². The molecule has 1 N–H and O–H groups in total. The minimum absolute atomic E-state index is 0.0776. The van der Waals surface area contributed by atoms with Gasteiger partial charge in [0.25, 0.3) is 5.91 Å². The standard InChI is InChI=1S/C11H13ClN2O2/c12-9-1-2-16-10(9)11(15)14-6-7-3-8(14)5-13-4-7/h1-2,7-8,13H,3-6H2. The van der Waals surface area contributed by atoms with Crippen LogP contribution in [0.25, 0.3) is 0 Å². The highest BCUT2D eigenvalue weighted by Crippen LogP contribution is 2.29. The van der Waals surface area contributed by atoms with Crippen LogP contribution < -0.4 is 5.32 Å². The van der Waals surface area contributed by atoms with E-state index in [1.54, 1.807) is 6.07 Å². The maximum Gasteiger partial charge on any atom is 0.291 e. The largest absolute Gasteiger partial charge is 0.458 e. The maximum absolute atomic E-state index is 12.2. The summed E-state index contributed by atoms with van der Waals surface area (Å²) in [6.45, 7) is 2.69. The summed E-state index contributed by atoms with van der Waals surface area (Å²) >= 11 is 5.90. The summed E-state index contributed by atoms with van der Waals surface area (Å²) in [5.74, 6) is 0.775. The lowest BCUT2D eigenvalue weighted by Gasteiger charge is -2.24. The molecule has 2 atom stereocenters. The summed E-state index contributed by atoms with van der Waals surface area (Å²) in [4.78, 5) is 14.1. The average molecular weight is 241 g/mol. The molecule has 2 aliphatic heterocycles. The second kappa shape index (κ2) is 3.79. The molecule has 5 heteroatoms. The van der Waals surface area contributed by atoms with E-state index in [2.05, 4.69) is 5.32 Å². The van der Waals surface area contributed by atoms with Crippen molar-refractivity contribution in [1.29, 1.82) is 0 Å². The molecule has 3 rings (SSSR count). The Morgan fingerprint density at radius 1 is 1.56 bits per heavy atom. The second-order valence-corrected chi connectivity index (χ2v) is 4.88. The number of carbonyl (C=O) groups is 1. The third-order valence-corrected chi connectivity index (χ3v) is 3.68. The van der Waals surface area contributed by atoms with Crippen molar-refractivity contribution < 1.29 is 9.21 Å². The molecule has 2 unspecified atom stereocenters. The Morgan fingerprint density at radius 2 is 2.44 bits per heavy atom. The number of hydrogen-bond acceptors (Lipinski definition) is 3. The zero-order chi connectivity index (χ0) is 11.1. The van der Waals surface area contributed by atoms with Gasteiger partial charge in [-0.25, -0.2) is 0 Å². The monoisotopic (exact) mass is 240 g/mol. The van der Waals surface area contributed by atoms with Crippen molar-refractivity contribution in [1.82, 2.24) is 10.2 Å². The van der Waals surface area contributed by atoms with Crippen LogP contribution in [0.4, 0.5) is 0 Å². The summed E-state index contributed by atoms with van der Waals surface area (Å²) in [6.07, 6.45) is 2.55. The molecule has 86 valence electrons. The SMILES string of the molecule is O=C(c1occc1Cl)N1CC2CNCC1C2. The Hall–Kier alpha value is -1.00. The highest BCUT2D eigenvalue weighted by atomic mass is 35.5. The number of likely N-dealkylation sites (tertiary alicyclic amines) is 1. The van der Waals surface area contributed by atoms with Crippen LogP contribution in [0.2, 0.25) is 5.02 Å². The number of rotatable bonds is 1. The molecule has 3 heterocycles. The Morgan fingerprint density at radius 3 is 3.12 bits per heavy atom. The van der Waals surface area contributed by atoms with Crippen LogP contribution in [0.15, 0.2) is 16.7 Å². The quantitative estimate of drug-likeness (QED) is 0.807. The van der Waals surface area contributed by atoms with E-state index in [-0.39, 0.29) is 11.7 Å². The van der Waals surface area contributed by atoms with Gasteiger partial charge >= 0.3 is 0 Å². The molecule has 2 bridgehead atoms. The molecule has 0 aromatic carbocycles. The van der Waals surface area contributed by atoms with E-state index in [1.807, 2.05) is 4.90 Å². The lowest BCUT2D eigenvalue weighted by atomic mass is 10.0. The third-order valence-electron chi connectivity index (χ3n) is 3.39. The first-order valence-corrected chi connectivity index (χ1v) is 5.88. The molecule has 2 saturated heterocycles. The van der Waals surface area contributed by atoms with Gasteiger partial charge in [0.2, 0.25) is 5.76 Å². The van der Waals surface area contributed by atoms with Gasteiger partial charge in [-0.15, -0.1) is 0 Å². The summed E-state index contributed by atoms with van der Waals surface area (Å²) in [5.41, 5.74) is 0. The first kappa shape index (κ1) is 10.2. The summed E-state index contributed by atoms with van der Waals surface area (Å²) in [5, 5.41) is 3.74. The number of furan rings is 1. The molecular weight excluding hydrogens is 228 g/mol. The van der Waals surface area contributed by atoms with Gasteiger partial charge in [0.1, 0.15) is 0 Å². The van der Waals surface area contributed by atoms with Gasteiger partial charge in [-0.3, -0.25) is 4.79 Å². The molecular formula is C11H13ClN2O2. The van der Waals surface area contributed by atoms with Gasteiger partial charge < -0.3 is 14.6 Å². The van der Waals surface area contributed by atoms with Crippen molar-refractivity contribution in [2.75, 3.05) is 19.6 Å². The first-order chi connectivity index (χ1) is 7.75. The van der Waals surface area contributed by atoms with Gasteiger partial charge in [0.15, 0.2) is 0 Å². The van der Waals surface area contributed by atoms with Crippen LogP contribution in [0, 0.1) is 5.92 Å². The fourth-order valence-corrected chi connectivity index (χ4v) is 2.81. The average Bonchev–Trinajstić information content (AvgIpc) is 2.82. The van der Waals surface area contributed by atoms with E-state index in [0.717, 1.165) is 26.1 Å². The van der Waals surface area contributed by atoms with Crippen molar-refractivity contribution in [3.8, 4) is 0 Å². The predicted octanol–water partition coefficient (Wildman–Crippen LogP) is 1.37. The highest BCUT2D eigenvalue weighted by Gasteiger charge is 2.39. The fraction of sp³-hybridized carbons (Fsp3) is 0.545. The zero-order valence-electron chi connectivity index (χ0n) is 8.78. The smallest absolute Gasteiger partial charge is 0.291 e. The Balaban J connectivity index is 1.83. The molecule has 1 aromatic rings. The highest BCUT2D eigenvalue weighted by molar-refractivity contribution is 6.33. The topological polar surface area (TPSA) is 45.5 Å².